The lowest BCUT2D eigenvalue weighted by Crippen LogP contribution is -2.23. The number of aromatic hydroxyl groups is 1. The van der Waals surface area contributed by atoms with Gasteiger partial charge in [-0.05, 0) is 29.1 Å². The third-order valence-corrected chi connectivity index (χ3v) is 5.16. The number of nitrogens with one attached hydrogen (secondary N) is 1. The number of pyridine rings is 1. The van der Waals surface area contributed by atoms with E-state index in [1.54, 1.807) is 35.7 Å². The Morgan fingerprint density at radius 2 is 2.04 bits per heavy atom. The minimum absolute atomic E-state index is 0.0405. The van der Waals surface area contributed by atoms with Crippen LogP contribution in [0.2, 0.25) is 0 Å². The quantitative estimate of drug-likeness (QED) is 0.607. The Bertz CT molecular complexity index is 1180. The molecule has 2 heterocycles. The molecule has 8 nitrogen and oxygen atoms in total. The highest BCUT2D eigenvalue weighted by molar-refractivity contribution is 7.92. The Hall–Kier alpha value is -2.85. The number of aromatic carboxylic acids is 1. The van der Waals surface area contributed by atoms with Crippen molar-refractivity contribution in [3.8, 4) is 5.75 Å². The maximum atomic E-state index is 12.5. The Labute approximate surface area is 152 Å². The van der Waals surface area contributed by atoms with E-state index in [-0.39, 0.29) is 6.54 Å². The van der Waals surface area contributed by atoms with E-state index in [2.05, 4.69) is 4.72 Å². The van der Waals surface area contributed by atoms with E-state index in [9.17, 15) is 28.2 Å². The third kappa shape index (κ3) is 3.41. The van der Waals surface area contributed by atoms with E-state index in [1.807, 2.05) is 0 Å². The molecule has 0 aliphatic rings. The Morgan fingerprint density at radius 3 is 2.69 bits per heavy atom. The lowest BCUT2D eigenvalue weighted by atomic mass is 10.1. The van der Waals surface area contributed by atoms with Gasteiger partial charge in [-0.25, -0.2) is 13.2 Å². The summed E-state index contributed by atoms with van der Waals surface area (Å²) in [5, 5.41) is 20.9. The average molecular weight is 394 g/mol. The van der Waals surface area contributed by atoms with Crippen LogP contribution < -0.4 is 10.3 Å². The van der Waals surface area contributed by atoms with Crippen LogP contribution in [0.25, 0.3) is 10.2 Å². The van der Waals surface area contributed by atoms with Gasteiger partial charge in [-0.1, -0.05) is 12.1 Å². The van der Waals surface area contributed by atoms with Crippen LogP contribution in [0.1, 0.15) is 15.9 Å². The first kappa shape index (κ1) is 18.0. The number of hydrogen-bond acceptors (Lipinski definition) is 6. The smallest absolute Gasteiger partial charge is 0.341 e. The molecule has 0 aliphatic carbocycles. The molecule has 0 aliphatic heterocycles. The zero-order chi connectivity index (χ0) is 19.1. The van der Waals surface area contributed by atoms with Crippen molar-refractivity contribution >= 4 is 43.2 Å². The van der Waals surface area contributed by atoms with Gasteiger partial charge in [0.15, 0.2) is 5.75 Å². The molecule has 3 N–H and O–H groups in total. The maximum Gasteiger partial charge on any atom is 0.341 e. The van der Waals surface area contributed by atoms with Crippen LogP contribution in [0.15, 0.2) is 40.5 Å². The van der Waals surface area contributed by atoms with Gasteiger partial charge in [-0.3, -0.25) is 14.1 Å². The monoisotopic (exact) mass is 394 g/mol. The van der Waals surface area contributed by atoms with Crippen LogP contribution in [0, 0.1) is 0 Å². The van der Waals surface area contributed by atoms with Crippen LogP contribution in [0.3, 0.4) is 0 Å². The number of nitrogens with zero attached hydrogens (tertiary/aromatic N) is 1. The largest absolute Gasteiger partial charge is 0.502 e. The van der Waals surface area contributed by atoms with Gasteiger partial charge in [0.05, 0.1) is 23.0 Å². The van der Waals surface area contributed by atoms with E-state index in [1.165, 1.54) is 4.57 Å². The molecule has 136 valence electrons. The summed E-state index contributed by atoms with van der Waals surface area (Å²) in [7, 11) is -3.44. The number of thiophene rings is 1. The fourth-order valence-electron chi connectivity index (χ4n) is 2.64. The number of carboxylic acids is 1. The molecule has 0 saturated carbocycles. The lowest BCUT2D eigenvalue weighted by Gasteiger charge is -2.12. The molecule has 1 aromatic carbocycles. The van der Waals surface area contributed by atoms with Gasteiger partial charge in [0.1, 0.15) is 5.56 Å². The summed E-state index contributed by atoms with van der Waals surface area (Å²) < 4.78 is 26.6. The number of fused-ring (bicyclic) bond motifs is 1. The van der Waals surface area contributed by atoms with Crippen molar-refractivity contribution < 1.29 is 23.4 Å². The van der Waals surface area contributed by atoms with Crippen molar-refractivity contribution in [3.05, 3.63) is 57.2 Å². The molecular weight excluding hydrogens is 380 g/mol. The number of hydrogen-bond donors (Lipinski definition) is 3. The van der Waals surface area contributed by atoms with Crippen LogP contribution in [-0.4, -0.2) is 35.4 Å². The summed E-state index contributed by atoms with van der Waals surface area (Å²) in [5.74, 6) is -2.20. The minimum atomic E-state index is -3.44. The summed E-state index contributed by atoms with van der Waals surface area (Å²) >= 11 is 1.11. The molecular formula is C16H14N2O6S2. The highest BCUT2D eigenvalue weighted by Crippen LogP contribution is 2.29. The van der Waals surface area contributed by atoms with Crippen LogP contribution >= 0.6 is 11.3 Å². The third-order valence-electron chi connectivity index (χ3n) is 3.63. The molecule has 0 bridgehead atoms. The van der Waals surface area contributed by atoms with Crippen molar-refractivity contribution in [3.63, 3.8) is 0 Å². The second kappa shape index (κ2) is 6.46. The van der Waals surface area contributed by atoms with Gasteiger partial charge < -0.3 is 10.2 Å². The second-order valence-electron chi connectivity index (χ2n) is 5.63. The van der Waals surface area contributed by atoms with Crippen molar-refractivity contribution in [1.82, 2.24) is 4.57 Å². The number of benzene rings is 1. The fraction of sp³-hybridized carbons (Fsp3) is 0.125. The summed E-state index contributed by atoms with van der Waals surface area (Å²) in [6.07, 6.45) is 1.03. The molecule has 10 heteroatoms. The summed E-state index contributed by atoms with van der Waals surface area (Å²) in [6.45, 7) is 0.0405. The fourth-order valence-corrected chi connectivity index (χ4v) is 4.13. The maximum absolute atomic E-state index is 12.5. The van der Waals surface area contributed by atoms with Crippen LogP contribution in [0.4, 0.5) is 5.69 Å². The summed E-state index contributed by atoms with van der Waals surface area (Å²) in [5.41, 5.74) is 0.0944. The van der Waals surface area contributed by atoms with E-state index in [0.29, 0.717) is 21.5 Å². The predicted molar refractivity (Wildman–Crippen MR) is 98.7 cm³/mol. The molecule has 0 amide bonds. The zero-order valence-electron chi connectivity index (χ0n) is 13.5. The van der Waals surface area contributed by atoms with E-state index >= 15 is 0 Å². The molecule has 0 saturated heterocycles. The van der Waals surface area contributed by atoms with Gasteiger partial charge in [0.25, 0.3) is 5.56 Å². The number of anilines is 1. The first-order chi connectivity index (χ1) is 12.2. The first-order valence-electron chi connectivity index (χ1n) is 7.30. The molecule has 0 unspecified atom stereocenters. The normalized spacial score (nSPS) is 11.6. The number of carbonyl (C=O) groups is 1. The predicted octanol–water partition coefficient (Wildman–Crippen LogP) is 1.89. The van der Waals surface area contributed by atoms with E-state index < -0.39 is 32.9 Å². The van der Waals surface area contributed by atoms with Crippen LogP contribution in [0.5, 0.6) is 5.75 Å². The molecule has 0 fully saturated rings. The average Bonchev–Trinajstić information content (AvgIpc) is 2.99. The number of rotatable bonds is 5. The number of sulfonamides is 1. The SMILES string of the molecule is CS(=O)(=O)Nc1cccc(Cn2c(=O)c(O)c(C(=O)O)c3sccc32)c1. The second-order valence-corrected chi connectivity index (χ2v) is 8.29. The lowest BCUT2D eigenvalue weighted by molar-refractivity contribution is 0.0695. The Kier molecular flexibility index (Phi) is 4.46. The summed E-state index contributed by atoms with van der Waals surface area (Å²) in [4.78, 5) is 23.8. The number of carboxylic acid groups (broad SMARTS) is 1. The molecule has 26 heavy (non-hydrogen) atoms. The van der Waals surface area contributed by atoms with Crippen molar-refractivity contribution in [2.75, 3.05) is 11.0 Å². The molecule has 0 radical (unpaired) electrons. The number of aromatic nitrogens is 1. The Balaban J connectivity index is 2.11. The van der Waals surface area contributed by atoms with Crippen LogP contribution in [-0.2, 0) is 16.6 Å². The van der Waals surface area contributed by atoms with Gasteiger partial charge in [-0.15, -0.1) is 11.3 Å². The topological polar surface area (TPSA) is 126 Å². The molecule has 3 rings (SSSR count). The van der Waals surface area contributed by atoms with Gasteiger partial charge >= 0.3 is 5.97 Å². The van der Waals surface area contributed by atoms with Crippen molar-refractivity contribution in [1.29, 1.82) is 0 Å². The first-order valence-corrected chi connectivity index (χ1v) is 10.1. The highest BCUT2D eigenvalue weighted by Gasteiger charge is 2.22. The van der Waals surface area contributed by atoms with Gasteiger partial charge in [0, 0.05) is 5.69 Å². The molecule has 2 aromatic heterocycles. The molecule has 0 spiro atoms. The van der Waals surface area contributed by atoms with E-state index in [0.717, 1.165) is 17.6 Å². The van der Waals surface area contributed by atoms with Crippen molar-refractivity contribution in [2.24, 2.45) is 0 Å². The van der Waals surface area contributed by atoms with Gasteiger partial charge in [-0.2, -0.15) is 0 Å². The molecule has 3 aromatic rings. The Morgan fingerprint density at radius 1 is 1.31 bits per heavy atom. The zero-order valence-corrected chi connectivity index (χ0v) is 15.1. The van der Waals surface area contributed by atoms with Crippen molar-refractivity contribution in [2.45, 2.75) is 6.54 Å². The standard InChI is InChI=1S/C16H14N2O6S2/c1-26(23,24)17-10-4-2-3-9(7-10)8-18-11-5-6-25-14(11)12(16(21)22)13(19)15(18)20/h2-7,17,19H,8H2,1H3,(H,21,22). The molecule has 0 atom stereocenters. The van der Waals surface area contributed by atoms with E-state index in [4.69, 9.17) is 0 Å². The minimum Gasteiger partial charge on any atom is -0.502 e. The summed E-state index contributed by atoms with van der Waals surface area (Å²) in [6, 6.07) is 8.06. The van der Waals surface area contributed by atoms with Gasteiger partial charge in [0.2, 0.25) is 10.0 Å². The highest BCUT2D eigenvalue weighted by atomic mass is 32.2.